The van der Waals surface area contributed by atoms with E-state index in [2.05, 4.69) is 15.1 Å². The summed E-state index contributed by atoms with van der Waals surface area (Å²) in [6.07, 6.45) is 7.09. The van der Waals surface area contributed by atoms with Crippen LogP contribution >= 0.6 is 0 Å². The summed E-state index contributed by atoms with van der Waals surface area (Å²) in [5, 5.41) is 3.39. The van der Waals surface area contributed by atoms with Gasteiger partial charge in [0.05, 0.1) is 12.7 Å². The zero-order valence-electron chi connectivity index (χ0n) is 12.1. The molecule has 0 aliphatic carbocycles. The summed E-state index contributed by atoms with van der Waals surface area (Å²) < 4.78 is 6.01. The van der Waals surface area contributed by atoms with Crippen LogP contribution in [0.15, 0.2) is 0 Å². The fraction of sp³-hybridized carbons (Fsp3) is 1.00. The Morgan fingerprint density at radius 3 is 2.58 bits per heavy atom. The van der Waals surface area contributed by atoms with Gasteiger partial charge in [0.2, 0.25) is 0 Å². The van der Waals surface area contributed by atoms with Crippen molar-refractivity contribution in [3.05, 3.63) is 0 Å². The summed E-state index contributed by atoms with van der Waals surface area (Å²) in [6, 6.07) is 0.835. The largest absolute Gasteiger partial charge is 0.377 e. The Kier molecular flexibility index (Phi) is 5.10. The normalized spacial score (nSPS) is 31.3. The first-order chi connectivity index (χ1) is 9.42. The van der Waals surface area contributed by atoms with E-state index < -0.39 is 0 Å². The highest BCUT2D eigenvalue weighted by Crippen LogP contribution is 2.20. The summed E-state index contributed by atoms with van der Waals surface area (Å²) in [5.41, 5.74) is 0. The average molecular weight is 267 g/mol. The van der Waals surface area contributed by atoms with Gasteiger partial charge < -0.3 is 10.1 Å². The lowest BCUT2D eigenvalue weighted by Gasteiger charge is -2.25. The molecular formula is C15H29N3O. The predicted molar refractivity (Wildman–Crippen MR) is 77.5 cm³/mol. The van der Waals surface area contributed by atoms with Gasteiger partial charge >= 0.3 is 0 Å². The van der Waals surface area contributed by atoms with Crippen molar-refractivity contribution >= 4 is 0 Å². The maximum atomic E-state index is 6.01. The lowest BCUT2D eigenvalue weighted by Crippen LogP contribution is -2.37. The lowest BCUT2D eigenvalue weighted by atomic mass is 10.1. The molecule has 3 saturated heterocycles. The van der Waals surface area contributed by atoms with Gasteiger partial charge in [0.25, 0.3) is 0 Å². The maximum absolute atomic E-state index is 6.01. The van der Waals surface area contributed by atoms with Crippen LogP contribution in [0.2, 0.25) is 0 Å². The molecule has 3 aliphatic heterocycles. The van der Waals surface area contributed by atoms with Gasteiger partial charge in [0.1, 0.15) is 0 Å². The summed E-state index contributed by atoms with van der Waals surface area (Å²) in [5.74, 6) is 0. The number of nitrogens with one attached hydrogen (secondary N) is 1. The molecule has 0 radical (unpaired) electrons. The van der Waals surface area contributed by atoms with E-state index in [9.17, 15) is 0 Å². The second kappa shape index (κ2) is 7.02. The van der Waals surface area contributed by atoms with Crippen molar-refractivity contribution < 1.29 is 4.74 Å². The number of hydrogen-bond acceptors (Lipinski definition) is 4. The fourth-order valence-electron chi connectivity index (χ4n) is 3.73. The van der Waals surface area contributed by atoms with E-state index in [0.29, 0.717) is 6.10 Å². The first kappa shape index (κ1) is 13.8. The van der Waals surface area contributed by atoms with E-state index in [0.717, 1.165) is 32.3 Å². The number of likely N-dealkylation sites (tertiary alicyclic amines) is 2. The van der Waals surface area contributed by atoms with E-state index in [-0.39, 0.29) is 0 Å². The van der Waals surface area contributed by atoms with Gasteiger partial charge in [-0.1, -0.05) is 0 Å². The maximum Gasteiger partial charge on any atom is 0.0600 e. The molecule has 4 heteroatoms. The predicted octanol–water partition coefficient (Wildman–Crippen LogP) is 0.925. The van der Waals surface area contributed by atoms with Gasteiger partial charge in [0, 0.05) is 19.1 Å². The molecule has 0 bridgehead atoms. The van der Waals surface area contributed by atoms with E-state index in [1.807, 2.05) is 0 Å². The van der Waals surface area contributed by atoms with Gasteiger partial charge in [-0.2, -0.15) is 0 Å². The first-order valence-corrected chi connectivity index (χ1v) is 8.20. The number of nitrogens with zero attached hydrogens (tertiary/aromatic N) is 2. The van der Waals surface area contributed by atoms with Crippen LogP contribution in [-0.4, -0.2) is 74.4 Å². The highest BCUT2D eigenvalue weighted by molar-refractivity contribution is 4.85. The molecule has 0 aromatic rings. The van der Waals surface area contributed by atoms with Crippen LogP contribution in [0.3, 0.4) is 0 Å². The van der Waals surface area contributed by atoms with E-state index in [4.69, 9.17) is 4.74 Å². The molecule has 3 rings (SSSR count). The van der Waals surface area contributed by atoms with E-state index >= 15 is 0 Å². The lowest BCUT2D eigenvalue weighted by molar-refractivity contribution is 0.0222. The van der Waals surface area contributed by atoms with Crippen LogP contribution < -0.4 is 5.32 Å². The molecule has 0 saturated carbocycles. The molecular weight excluding hydrogens is 238 g/mol. The average Bonchev–Trinajstić information content (AvgIpc) is 3.10. The second-order valence-electron chi connectivity index (χ2n) is 6.31. The van der Waals surface area contributed by atoms with Crippen molar-refractivity contribution in [2.75, 3.05) is 52.4 Å². The third kappa shape index (κ3) is 3.91. The molecule has 1 N–H and O–H groups in total. The Balaban J connectivity index is 1.30. The number of hydrogen-bond donors (Lipinski definition) is 1. The zero-order valence-corrected chi connectivity index (χ0v) is 12.1. The van der Waals surface area contributed by atoms with Crippen molar-refractivity contribution in [2.24, 2.45) is 0 Å². The summed E-state index contributed by atoms with van der Waals surface area (Å²) in [6.45, 7) is 9.54. The molecule has 1 atom stereocenters. The molecule has 1 unspecified atom stereocenters. The Morgan fingerprint density at radius 2 is 1.79 bits per heavy atom. The molecule has 0 spiro atoms. The molecule has 3 heterocycles. The smallest absolute Gasteiger partial charge is 0.0600 e. The first-order valence-electron chi connectivity index (χ1n) is 8.20. The quantitative estimate of drug-likeness (QED) is 0.802. The van der Waals surface area contributed by atoms with E-state index in [1.165, 1.54) is 58.3 Å². The number of rotatable bonds is 5. The summed E-state index contributed by atoms with van der Waals surface area (Å²) in [4.78, 5) is 5.30. The van der Waals surface area contributed by atoms with E-state index in [1.54, 1.807) is 0 Å². The molecule has 0 aromatic carbocycles. The van der Waals surface area contributed by atoms with Crippen LogP contribution in [0.4, 0.5) is 0 Å². The van der Waals surface area contributed by atoms with Gasteiger partial charge in [-0.25, -0.2) is 0 Å². The van der Waals surface area contributed by atoms with Crippen LogP contribution in [-0.2, 0) is 4.74 Å². The minimum absolute atomic E-state index is 0.512. The summed E-state index contributed by atoms with van der Waals surface area (Å²) in [7, 11) is 0. The molecule has 0 amide bonds. The topological polar surface area (TPSA) is 27.7 Å². The molecule has 19 heavy (non-hydrogen) atoms. The molecule has 3 fully saturated rings. The highest BCUT2D eigenvalue weighted by Gasteiger charge is 2.28. The standard InChI is InChI=1S/C15H29N3O/c1-2-9-18(8-1)14-5-10-17(13-14)11-12-19-15-3-6-16-7-4-15/h14-16H,1-13H2. The second-order valence-corrected chi connectivity index (χ2v) is 6.31. The Morgan fingerprint density at radius 1 is 1.00 bits per heavy atom. The Hall–Kier alpha value is -0.160. The van der Waals surface area contributed by atoms with Gasteiger partial charge in [-0.05, 0) is 64.8 Å². The van der Waals surface area contributed by atoms with Gasteiger partial charge in [0.15, 0.2) is 0 Å². The Labute approximate surface area is 117 Å². The highest BCUT2D eigenvalue weighted by atomic mass is 16.5. The van der Waals surface area contributed by atoms with Crippen molar-refractivity contribution in [3.8, 4) is 0 Å². The summed E-state index contributed by atoms with van der Waals surface area (Å²) >= 11 is 0. The van der Waals surface area contributed by atoms with Crippen LogP contribution in [0.1, 0.15) is 32.1 Å². The van der Waals surface area contributed by atoms with Crippen LogP contribution in [0.25, 0.3) is 0 Å². The van der Waals surface area contributed by atoms with Gasteiger partial charge in [-0.15, -0.1) is 0 Å². The minimum atomic E-state index is 0.512. The number of piperidine rings is 1. The SMILES string of the molecule is C1CCN(C2CCN(CCOC3CCNCC3)C2)C1. The molecule has 110 valence electrons. The van der Waals surface area contributed by atoms with Gasteiger partial charge in [-0.3, -0.25) is 9.80 Å². The van der Waals surface area contributed by atoms with Crippen LogP contribution in [0.5, 0.6) is 0 Å². The Bertz CT molecular complexity index is 262. The number of ether oxygens (including phenoxy) is 1. The minimum Gasteiger partial charge on any atom is -0.377 e. The van der Waals surface area contributed by atoms with Crippen LogP contribution in [0, 0.1) is 0 Å². The molecule has 4 nitrogen and oxygen atoms in total. The van der Waals surface area contributed by atoms with Crippen molar-refractivity contribution in [1.82, 2.24) is 15.1 Å². The molecule has 0 aromatic heterocycles. The monoisotopic (exact) mass is 267 g/mol. The fourth-order valence-corrected chi connectivity index (χ4v) is 3.73. The third-order valence-corrected chi connectivity index (χ3v) is 4.95. The molecule has 3 aliphatic rings. The van der Waals surface area contributed by atoms with Crippen molar-refractivity contribution in [1.29, 1.82) is 0 Å². The third-order valence-electron chi connectivity index (χ3n) is 4.95. The van der Waals surface area contributed by atoms with Crippen molar-refractivity contribution in [2.45, 2.75) is 44.2 Å². The van der Waals surface area contributed by atoms with Crippen molar-refractivity contribution in [3.63, 3.8) is 0 Å². The zero-order chi connectivity index (χ0) is 12.9.